The molecule has 0 bridgehead atoms. The molecule has 28 heavy (non-hydrogen) atoms. The van der Waals surface area contributed by atoms with Gasteiger partial charge < -0.3 is 25.0 Å². The molecule has 0 aromatic heterocycles. The Morgan fingerprint density at radius 3 is 2.46 bits per heavy atom. The molecule has 0 aliphatic carbocycles. The number of ether oxygens (including phenoxy) is 2. The van der Waals surface area contributed by atoms with Crippen molar-refractivity contribution < 1.29 is 13.9 Å². The number of para-hydroxylation sites is 2. The van der Waals surface area contributed by atoms with E-state index >= 15 is 0 Å². The van der Waals surface area contributed by atoms with Crippen molar-refractivity contribution in [3.05, 3.63) is 53.8 Å². The number of anilines is 1. The molecule has 2 N–H and O–H groups in total. The number of nitrogens with zero attached hydrogens (tertiary/aromatic N) is 2. The van der Waals surface area contributed by atoms with E-state index in [1.54, 1.807) is 25.1 Å². The summed E-state index contributed by atoms with van der Waals surface area (Å²) >= 11 is 0. The molecule has 7 heteroatoms. The van der Waals surface area contributed by atoms with Gasteiger partial charge in [-0.25, -0.2) is 4.39 Å². The van der Waals surface area contributed by atoms with Crippen LogP contribution in [-0.2, 0) is 6.54 Å². The summed E-state index contributed by atoms with van der Waals surface area (Å²) in [5.74, 6) is 1.76. The lowest BCUT2D eigenvalue weighted by atomic mass is 10.2. The Hall–Kier alpha value is -2.96. The van der Waals surface area contributed by atoms with E-state index in [-0.39, 0.29) is 11.9 Å². The number of rotatable bonds is 8. The third kappa shape index (κ3) is 6.04. The van der Waals surface area contributed by atoms with Crippen molar-refractivity contribution in [3.63, 3.8) is 0 Å². The quantitative estimate of drug-likeness (QED) is 0.538. The van der Waals surface area contributed by atoms with Crippen LogP contribution < -0.4 is 25.0 Å². The second kappa shape index (κ2) is 10.4. The molecule has 2 aromatic rings. The van der Waals surface area contributed by atoms with Crippen LogP contribution in [0, 0.1) is 5.82 Å². The average molecular weight is 388 g/mol. The van der Waals surface area contributed by atoms with Gasteiger partial charge in [0, 0.05) is 27.7 Å². The Bertz CT molecular complexity index is 796. The number of methoxy groups -OCH3 is 1. The van der Waals surface area contributed by atoms with Crippen LogP contribution in [0.2, 0.25) is 0 Å². The highest BCUT2D eigenvalue weighted by Gasteiger charge is 2.10. The van der Waals surface area contributed by atoms with Crippen molar-refractivity contribution in [2.75, 3.05) is 39.7 Å². The minimum atomic E-state index is -0.244. The van der Waals surface area contributed by atoms with Crippen LogP contribution in [0.15, 0.2) is 47.5 Å². The highest BCUT2D eigenvalue weighted by molar-refractivity contribution is 5.79. The summed E-state index contributed by atoms with van der Waals surface area (Å²) in [5, 5.41) is 6.39. The van der Waals surface area contributed by atoms with Gasteiger partial charge in [-0.1, -0.05) is 18.2 Å². The number of nitrogens with one attached hydrogen (secondary N) is 2. The van der Waals surface area contributed by atoms with Crippen molar-refractivity contribution in [1.29, 1.82) is 0 Å². The smallest absolute Gasteiger partial charge is 0.191 e. The topological polar surface area (TPSA) is 58.1 Å². The lowest BCUT2D eigenvalue weighted by Gasteiger charge is -2.19. The lowest BCUT2D eigenvalue weighted by Crippen LogP contribution is -2.41. The molecule has 0 spiro atoms. The van der Waals surface area contributed by atoms with E-state index < -0.39 is 0 Å². The summed E-state index contributed by atoms with van der Waals surface area (Å²) in [6.07, 6.45) is -0.105. The van der Waals surface area contributed by atoms with E-state index in [1.165, 1.54) is 6.07 Å². The molecule has 0 saturated heterocycles. The highest BCUT2D eigenvalue weighted by atomic mass is 19.1. The molecular formula is C21H29FN4O2. The zero-order valence-corrected chi connectivity index (χ0v) is 17.1. The van der Waals surface area contributed by atoms with Crippen LogP contribution in [0.1, 0.15) is 12.5 Å². The predicted octanol–water partition coefficient (Wildman–Crippen LogP) is 3.03. The van der Waals surface area contributed by atoms with Gasteiger partial charge in [0.2, 0.25) is 0 Å². The van der Waals surface area contributed by atoms with Crippen molar-refractivity contribution in [2.45, 2.75) is 19.6 Å². The first kappa shape index (κ1) is 21.3. The first-order chi connectivity index (χ1) is 13.4. The fourth-order valence-corrected chi connectivity index (χ4v) is 2.64. The standard InChI is InChI=1S/C21H29FN4O2/c1-15(28-20-9-7-6-8-19(20)27-5)13-24-21(23-2)25-14-16-10-11-18(26(3)4)17(22)12-16/h6-12,15H,13-14H2,1-5H3,(H2,23,24,25). The molecule has 1 unspecified atom stereocenters. The maximum Gasteiger partial charge on any atom is 0.191 e. The van der Waals surface area contributed by atoms with Gasteiger partial charge in [0.05, 0.1) is 19.3 Å². The van der Waals surface area contributed by atoms with Crippen LogP contribution in [0.4, 0.5) is 10.1 Å². The predicted molar refractivity (Wildman–Crippen MR) is 112 cm³/mol. The van der Waals surface area contributed by atoms with Crippen LogP contribution in [0.3, 0.4) is 0 Å². The molecule has 6 nitrogen and oxygen atoms in total. The molecular weight excluding hydrogens is 359 g/mol. The molecule has 0 amide bonds. The first-order valence-corrected chi connectivity index (χ1v) is 9.14. The van der Waals surface area contributed by atoms with E-state index in [0.29, 0.717) is 36.2 Å². The molecule has 0 saturated carbocycles. The molecule has 1 atom stereocenters. The minimum Gasteiger partial charge on any atom is -0.493 e. The average Bonchev–Trinajstić information content (AvgIpc) is 2.68. The van der Waals surface area contributed by atoms with Gasteiger partial charge in [0.1, 0.15) is 11.9 Å². The second-order valence-electron chi connectivity index (χ2n) is 6.57. The summed E-state index contributed by atoms with van der Waals surface area (Å²) in [5.41, 5.74) is 1.40. The minimum absolute atomic E-state index is 0.105. The maximum absolute atomic E-state index is 14.1. The van der Waals surface area contributed by atoms with Gasteiger partial charge in [0.25, 0.3) is 0 Å². The van der Waals surface area contributed by atoms with Crippen molar-refractivity contribution in [3.8, 4) is 11.5 Å². The molecule has 152 valence electrons. The van der Waals surface area contributed by atoms with E-state index in [2.05, 4.69) is 15.6 Å². The Balaban J connectivity index is 1.85. The molecule has 0 fully saturated rings. The Morgan fingerprint density at radius 2 is 1.86 bits per heavy atom. The number of halogens is 1. The summed E-state index contributed by atoms with van der Waals surface area (Å²) < 4.78 is 25.3. The maximum atomic E-state index is 14.1. The fraction of sp³-hybridized carbons (Fsp3) is 0.381. The molecule has 2 rings (SSSR count). The molecule has 0 radical (unpaired) electrons. The third-order valence-corrected chi connectivity index (χ3v) is 4.13. The zero-order chi connectivity index (χ0) is 20.5. The van der Waals surface area contributed by atoms with Gasteiger partial charge in [-0.05, 0) is 36.8 Å². The van der Waals surface area contributed by atoms with E-state index in [4.69, 9.17) is 9.47 Å². The van der Waals surface area contributed by atoms with Crippen LogP contribution >= 0.6 is 0 Å². The largest absolute Gasteiger partial charge is 0.493 e. The monoisotopic (exact) mass is 388 g/mol. The fourth-order valence-electron chi connectivity index (χ4n) is 2.64. The summed E-state index contributed by atoms with van der Waals surface area (Å²) in [6, 6.07) is 12.7. The van der Waals surface area contributed by atoms with Gasteiger partial charge >= 0.3 is 0 Å². The van der Waals surface area contributed by atoms with Crippen molar-refractivity contribution in [1.82, 2.24) is 10.6 Å². The molecule has 0 heterocycles. The van der Waals surface area contributed by atoms with Crippen LogP contribution in [0.25, 0.3) is 0 Å². The second-order valence-corrected chi connectivity index (χ2v) is 6.57. The third-order valence-electron chi connectivity index (χ3n) is 4.13. The Morgan fingerprint density at radius 1 is 1.14 bits per heavy atom. The normalized spacial score (nSPS) is 12.3. The van der Waals surface area contributed by atoms with E-state index in [9.17, 15) is 4.39 Å². The van der Waals surface area contributed by atoms with Crippen molar-refractivity contribution in [2.24, 2.45) is 4.99 Å². The lowest BCUT2D eigenvalue weighted by molar-refractivity contribution is 0.213. The Labute approximate surface area is 166 Å². The first-order valence-electron chi connectivity index (χ1n) is 9.14. The number of hydrogen-bond donors (Lipinski definition) is 2. The number of guanidine groups is 1. The summed E-state index contributed by atoms with van der Waals surface area (Å²) in [4.78, 5) is 5.94. The zero-order valence-electron chi connectivity index (χ0n) is 17.1. The van der Waals surface area contributed by atoms with E-state index in [0.717, 1.165) is 5.56 Å². The van der Waals surface area contributed by atoms with Gasteiger partial charge in [-0.2, -0.15) is 0 Å². The van der Waals surface area contributed by atoms with Crippen LogP contribution in [-0.4, -0.2) is 46.9 Å². The van der Waals surface area contributed by atoms with E-state index in [1.807, 2.05) is 51.4 Å². The molecule has 2 aromatic carbocycles. The number of aliphatic imine (C=N–C) groups is 1. The SMILES string of the molecule is CN=C(NCc1ccc(N(C)C)c(F)c1)NCC(C)Oc1ccccc1OC. The molecule has 0 aliphatic rings. The van der Waals surface area contributed by atoms with Gasteiger partial charge in [0.15, 0.2) is 17.5 Å². The van der Waals surface area contributed by atoms with Gasteiger partial charge in [-0.15, -0.1) is 0 Å². The highest BCUT2D eigenvalue weighted by Crippen LogP contribution is 2.26. The summed E-state index contributed by atoms with van der Waals surface area (Å²) in [6.45, 7) is 2.97. The van der Waals surface area contributed by atoms with Crippen LogP contribution in [0.5, 0.6) is 11.5 Å². The molecule has 0 aliphatic heterocycles. The number of hydrogen-bond acceptors (Lipinski definition) is 4. The Kier molecular flexibility index (Phi) is 7.92. The van der Waals surface area contributed by atoms with Crippen molar-refractivity contribution >= 4 is 11.6 Å². The number of benzene rings is 2. The summed E-state index contributed by atoms with van der Waals surface area (Å²) in [7, 11) is 6.94. The van der Waals surface area contributed by atoms with Gasteiger partial charge in [-0.3, -0.25) is 4.99 Å².